The van der Waals surface area contributed by atoms with Gasteiger partial charge in [-0.1, -0.05) is 25.0 Å². The first kappa shape index (κ1) is 21.0. The number of imide groups is 1. The largest absolute Gasteiger partial charge is 0.494 e. The summed E-state index contributed by atoms with van der Waals surface area (Å²) in [5, 5.41) is 0. The van der Waals surface area contributed by atoms with Crippen LogP contribution in [0.3, 0.4) is 0 Å². The van der Waals surface area contributed by atoms with Crippen LogP contribution in [0.25, 0.3) is 0 Å². The third-order valence-corrected chi connectivity index (χ3v) is 5.92. The van der Waals surface area contributed by atoms with Gasteiger partial charge in [0.2, 0.25) is 5.91 Å². The Kier molecular flexibility index (Phi) is 6.02. The lowest BCUT2D eigenvalue weighted by molar-refractivity contribution is -0.123. The molecule has 2 fully saturated rings. The van der Waals surface area contributed by atoms with Crippen LogP contribution in [-0.2, 0) is 9.59 Å². The van der Waals surface area contributed by atoms with Crippen LogP contribution in [0.4, 0.5) is 10.1 Å². The van der Waals surface area contributed by atoms with Gasteiger partial charge in [-0.05, 0) is 56.2 Å². The average Bonchev–Trinajstić information content (AvgIpc) is 3.38. The minimum atomic E-state index is -0.936. The molecule has 6 nitrogen and oxygen atoms in total. The molecule has 0 N–H and O–H groups in total. The highest BCUT2D eigenvalue weighted by atomic mass is 19.1. The molecule has 2 aliphatic rings. The summed E-state index contributed by atoms with van der Waals surface area (Å²) in [4.78, 5) is 42.1. The normalized spacial score (nSPS) is 19.2. The van der Waals surface area contributed by atoms with Crippen molar-refractivity contribution in [1.29, 1.82) is 0 Å². The van der Waals surface area contributed by atoms with E-state index in [1.165, 1.54) is 23.1 Å². The summed E-state index contributed by atoms with van der Waals surface area (Å²) < 4.78 is 19.8. The second kappa shape index (κ2) is 8.88. The van der Waals surface area contributed by atoms with Gasteiger partial charge in [-0.2, -0.15) is 0 Å². The van der Waals surface area contributed by atoms with E-state index >= 15 is 0 Å². The van der Waals surface area contributed by atoms with Gasteiger partial charge in [0.05, 0.1) is 24.3 Å². The molecule has 2 aromatic carbocycles. The van der Waals surface area contributed by atoms with Crippen LogP contribution in [0.2, 0.25) is 0 Å². The fourth-order valence-corrected chi connectivity index (χ4v) is 4.48. The molecule has 0 aromatic heterocycles. The topological polar surface area (TPSA) is 66.9 Å². The maximum absolute atomic E-state index is 14.4. The molecule has 0 spiro atoms. The van der Waals surface area contributed by atoms with E-state index in [-0.39, 0.29) is 23.9 Å². The standard InChI is InChI=1S/C24H25FN2O4/c1-2-31-18-13-11-17(12-14-18)27-22(28)15-21(24(27)30)26(16-7-3-4-8-16)23(29)19-9-5-6-10-20(19)25/h5-6,9-14,16,21H,2-4,7-8,15H2,1H3. The summed E-state index contributed by atoms with van der Waals surface area (Å²) in [5.74, 6) is -1.35. The zero-order chi connectivity index (χ0) is 22.0. The van der Waals surface area contributed by atoms with Gasteiger partial charge in [0.15, 0.2) is 0 Å². The molecule has 0 bridgehead atoms. The van der Waals surface area contributed by atoms with Crippen LogP contribution in [0, 0.1) is 5.82 Å². The van der Waals surface area contributed by atoms with Crippen molar-refractivity contribution in [3.63, 3.8) is 0 Å². The van der Waals surface area contributed by atoms with Gasteiger partial charge in [0.1, 0.15) is 17.6 Å². The number of halogens is 1. The molecular weight excluding hydrogens is 399 g/mol. The number of anilines is 1. The quantitative estimate of drug-likeness (QED) is 0.659. The van der Waals surface area contributed by atoms with E-state index in [0.29, 0.717) is 18.0 Å². The SMILES string of the molecule is CCOc1ccc(N2C(=O)CC(N(C(=O)c3ccccc3F)C3CCCC3)C2=O)cc1. The molecule has 1 aliphatic heterocycles. The fraction of sp³-hybridized carbons (Fsp3) is 0.375. The van der Waals surface area contributed by atoms with E-state index in [0.717, 1.165) is 30.6 Å². The lowest BCUT2D eigenvalue weighted by Gasteiger charge is -2.33. The molecule has 31 heavy (non-hydrogen) atoms. The van der Waals surface area contributed by atoms with Gasteiger partial charge in [0, 0.05) is 6.04 Å². The Balaban J connectivity index is 1.64. The molecule has 1 unspecified atom stereocenters. The Morgan fingerprint density at radius 2 is 1.77 bits per heavy atom. The van der Waals surface area contributed by atoms with E-state index in [4.69, 9.17) is 4.74 Å². The number of carbonyl (C=O) groups excluding carboxylic acids is 3. The number of nitrogens with zero attached hydrogens (tertiary/aromatic N) is 2. The van der Waals surface area contributed by atoms with E-state index < -0.39 is 23.7 Å². The molecule has 1 saturated carbocycles. The first-order valence-electron chi connectivity index (χ1n) is 10.7. The zero-order valence-corrected chi connectivity index (χ0v) is 17.4. The summed E-state index contributed by atoms with van der Waals surface area (Å²) in [7, 11) is 0. The average molecular weight is 424 g/mol. The minimum absolute atomic E-state index is 0.0748. The molecule has 2 aromatic rings. The van der Waals surface area contributed by atoms with Gasteiger partial charge < -0.3 is 9.64 Å². The minimum Gasteiger partial charge on any atom is -0.494 e. The smallest absolute Gasteiger partial charge is 0.257 e. The second-order valence-corrected chi connectivity index (χ2v) is 7.84. The molecule has 7 heteroatoms. The molecule has 162 valence electrons. The van der Waals surface area contributed by atoms with Crippen LogP contribution < -0.4 is 9.64 Å². The van der Waals surface area contributed by atoms with Crippen LogP contribution in [0.15, 0.2) is 48.5 Å². The number of carbonyl (C=O) groups is 3. The summed E-state index contributed by atoms with van der Waals surface area (Å²) in [6, 6.07) is 11.4. The lowest BCUT2D eigenvalue weighted by Crippen LogP contribution is -2.50. The molecule has 1 aliphatic carbocycles. The Hall–Kier alpha value is -3.22. The summed E-state index contributed by atoms with van der Waals surface area (Å²) in [6.07, 6.45) is 3.23. The molecule has 0 radical (unpaired) electrons. The Morgan fingerprint density at radius 1 is 1.10 bits per heavy atom. The van der Waals surface area contributed by atoms with E-state index in [1.54, 1.807) is 30.3 Å². The number of amides is 3. The predicted octanol–water partition coefficient (Wildman–Crippen LogP) is 3.94. The summed E-state index contributed by atoms with van der Waals surface area (Å²) in [5.41, 5.74) is 0.361. The van der Waals surface area contributed by atoms with Crippen molar-refractivity contribution in [3.8, 4) is 5.75 Å². The molecule has 1 saturated heterocycles. The third kappa shape index (κ3) is 4.04. The lowest BCUT2D eigenvalue weighted by atomic mass is 10.1. The molecule has 1 heterocycles. The van der Waals surface area contributed by atoms with E-state index in [9.17, 15) is 18.8 Å². The first-order chi connectivity index (χ1) is 15.0. The molecule has 1 atom stereocenters. The number of rotatable bonds is 6. The van der Waals surface area contributed by atoms with Crippen molar-refractivity contribution in [2.75, 3.05) is 11.5 Å². The number of hydrogen-bond acceptors (Lipinski definition) is 4. The first-order valence-corrected chi connectivity index (χ1v) is 10.7. The predicted molar refractivity (Wildman–Crippen MR) is 113 cm³/mol. The van der Waals surface area contributed by atoms with Gasteiger partial charge >= 0.3 is 0 Å². The highest BCUT2D eigenvalue weighted by molar-refractivity contribution is 6.23. The van der Waals surface area contributed by atoms with Crippen molar-refractivity contribution in [2.24, 2.45) is 0 Å². The molecule has 3 amide bonds. The zero-order valence-electron chi connectivity index (χ0n) is 17.4. The van der Waals surface area contributed by atoms with Crippen LogP contribution in [0.1, 0.15) is 49.4 Å². The monoisotopic (exact) mass is 424 g/mol. The van der Waals surface area contributed by atoms with Crippen molar-refractivity contribution in [1.82, 2.24) is 4.90 Å². The Morgan fingerprint density at radius 3 is 2.42 bits per heavy atom. The highest BCUT2D eigenvalue weighted by Crippen LogP contribution is 2.33. The van der Waals surface area contributed by atoms with E-state index in [2.05, 4.69) is 0 Å². The fourth-order valence-electron chi connectivity index (χ4n) is 4.48. The summed E-state index contributed by atoms with van der Waals surface area (Å²) in [6.45, 7) is 2.38. The van der Waals surface area contributed by atoms with Gasteiger partial charge in [0.25, 0.3) is 11.8 Å². The van der Waals surface area contributed by atoms with Gasteiger partial charge in [-0.15, -0.1) is 0 Å². The van der Waals surface area contributed by atoms with Gasteiger partial charge in [-0.25, -0.2) is 9.29 Å². The number of benzene rings is 2. The van der Waals surface area contributed by atoms with Crippen molar-refractivity contribution < 1.29 is 23.5 Å². The van der Waals surface area contributed by atoms with Crippen molar-refractivity contribution in [2.45, 2.75) is 51.1 Å². The third-order valence-electron chi connectivity index (χ3n) is 5.92. The maximum Gasteiger partial charge on any atom is 0.257 e. The van der Waals surface area contributed by atoms with Crippen LogP contribution in [-0.4, -0.2) is 41.3 Å². The van der Waals surface area contributed by atoms with Crippen LogP contribution in [0.5, 0.6) is 5.75 Å². The maximum atomic E-state index is 14.4. The van der Waals surface area contributed by atoms with Gasteiger partial charge in [-0.3, -0.25) is 14.4 Å². The molecule has 4 rings (SSSR count). The highest BCUT2D eigenvalue weighted by Gasteiger charge is 2.47. The van der Waals surface area contributed by atoms with Crippen LogP contribution >= 0.6 is 0 Å². The molecular formula is C24H25FN2O4. The number of hydrogen-bond donors (Lipinski definition) is 0. The Bertz CT molecular complexity index is 985. The van der Waals surface area contributed by atoms with E-state index in [1.807, 2.05) is 6.92 Å². The summed E-state index contributed by atoms with van der Waals surface area (Å²) >= 11 is 0. The number of ether oxygens (including phenoxy) is 1. The van der Waals surface area contributed by atoms with Crippen molar-refractivity contribution >= 4 is 23.4 Å². The van der Waals surface area contributed by atoms with Crippen molar-refractivity contribution in [3.05, 3.63) is 59.9 Å². The second-order valence-electron chi connectivity index (χ2n) is 7.84. The Labute approximate surface area is 180 Å².